The van der Waals surface area contributed by atoms with Crippen LogP contribution in [0.25, 0.3) is 0 Å². The predicted octanol–water partition coefficient (Wildman–Crippen LogP) is 2.46. The Hall–Kier alpha value is -0.260. The highest BCUT2D eigenvalue weighted by Gasteiger charge is 2.38. The van der Waals surface area contributed by atoms with Crippen LogP contribution >= 0.6 is 0 Å². The smallest absolute Gasteiger partial charge is 0.261 e. The molecule has 0 saturated carbocycles. The highest BCUT2D eigenvalue weighted by Crippen LogP contribution is 2.27. The van der Waals surface area contributed by atoms with Crippen molar-refractivity contribution in [2.24, 2.45) is 0 Å². The van der Waals surface area contributed by atoms with Gasteiger partial charge in [-0.1, -0.05) is 0 Å². The van der Waals surface area contributed by atoms with Crippen molar-refractivity contribution in [1.82, 2.24) is 9.80 Å². The van der Waals surface area contributed by atoms with E-state index in [1.54, 1.807) is 4.90 Å². The number of likely N-dealkylation sites (tertiary alicyclic amines) is 1. The Morgan fingerprint density at radius 2 is 1.42 bits per heavy atom. The molecule has 5 heteroatoms. The van der Waals surface area contributed by atoms with Gasteiger partial charge in [-0.3, -0.25) is 9.80 Å². The summed E-state index contributed by atoms with van der Waals surface area (Å²) in [5.74, 6) is -2.43. The minimum absolute atomic E-state index is 0.0329. The van der Waals surface area contributed by atoms with E-state index in [4.69, 9.17) is 4.74 Å². The van der Waals surface area contributed by atoms with Gasteiger partial charge in [-0.05, 0) is 27.7 Å². The molecule has 2 aliphatic rings. The minimum atomic E-state index is -2.43. The second-order valence-corrected chi connectivity index (χ2v) is 5.91. The van der Waals surface area contributed by atoms with Crippen LogP contribution in [-0.2, 0) is 4.74 Å². The van der Waals surface area contributed by atoms with Crippen molar-refractivity contribution < 1.29 is 13.5 Å². The van der Waals surface area contributed by atoms with Crippen molar-refractivity contribution in [2.45, 2.75) is 52.1 Å². The summed E-state index contributed by atoms with van der Waals surface area (Å²) in [4.78, 5) is 4.24. The van der Waals surface area contributed by atoms with E-state index in [1.807, 2.05) is 13.8 Å². The van der Waals surface area contributed by atoms with E-state index in [2.05, 4.69) is 18.7 Å². The van der Waals surface area contributed by atoms with Crippen LogP contribution in [0.15, 0.2) is 0 Å². The van der Waals surface area contributed by atoms with Gasteiger partial charge < -0.3 is 4.74 Å². The van der Waals surface area contributed by atoms with Gasteiger partial charge in [0.05, 0.1) is 19.8 Å². The van der Waals surface area contributed by atoms with Crippen molar-refractivity contribution in [3.63, 3.8) is 0 Å². The predicted molar refractivity (Wildman–Crippen MR) is 73.8 cm³/mol. The van der Waals surface area contributed by atoms with Crippen LogP contribution in [-0.4, -0.2) is 67.2 Å². The van der Waals surface area contributed by atoms with E-state index in [9.17, 15) is 8.78 Å². The monoisotopic (exact) mass is 278 g/mol. The van der Waals surface area contributed by atoms with Crippen molar-refractivity contribution in [3.8, 4) is 0 Å². The molecule has 0 aliphatic carbocycles. The van der Waals surface area contributed by atoms with E-state index < -0.39 is 5.92 Å². The summed E-state index contributed by atoms with van der Waals surface area (Å²) in [6.45, 7) is 12.9. The fourth-order valence-corrected chi connectivity index (χ4v) is 2.30. The van der Waals surface area contributed by atoms with Crippen molar-refractivity contribution in [1.29, 1.82) is 0 Å². The molecule has 0 radical (unpaired) electrons. The van der Waals surface area contributed by atoms with Gasteiger partial charge in [0.25, 0.3) is 5.92 Å². The molecule has 0 unspecified atom stereocenters. The normalized spacial score (nSPS) is 24.6. The molecule has 2 fully saturated rings. The summed E-state index contributed by atoms with van der Waals surface area (Å²) in [7, 11) is 0. The third kappa shape index (κ3) is 6.15. The first kappa shape index (κ1) is 16.8. The summed E-state index contributed by atoms with van der Waals surface area (Å²) in [5.41, 5.74) is 0. The second-order valence-electron chi connectivity index (χ2n) is 5.91. The van der Waals surface area contributed by atoms with Crippen LogP contribution in [0, 0.1) is 0 Å². The molecule has 0 aromatic carbocycles. The number of morpholine rings is 1. The lowest BCUT2D eigenvalue weighted by Crippen LogP contribution is -2.40. The molecule has 0 amide bonds. The molecule has 2 heterocycles. The number of ether oxygens (including phenoxy) is 1. The lowest BCUT2D eigenvalue weighted by atomic mass is 10.3. The van der Waals surface area contributed by atoms with Crippen LogP contribution in [0.2, 0.25) is 0 Å². The molecule has 0 atom stereocenters. The third-order valence-electron chi connectivity index (χ3n) is 3.71. The van der Waals surface area contributed by atoms with Gasteiger partial charge in [-0.2, -0.15) is 0 Å². The Bertz CT molecular complexity index is 254. The Morgan fingerprint density at radius 3 is 1.68 bits per heavy atom. The molecule has 2 rings (SSSR count). The molecule has 0 aromatic rings. The Labute approximate surface area is 115 Å². The maximum absolute atomic E-state index is 12.5. The third-order valence-corrected chi connectivity index (χ3v) is 3.71. The fraction of sp³-hybridized carbons (Fsp3) is 1.00. The van der Waals surface area contributed by atoms with E-state index in [1.165, 1.54) is 0 Å². The highest BCUT2D eigenvalue weighted by atomic mass is 19.3. The summed E-state index contributed by atoms with van der Waals surface area (Å²) < 4.78 is 30.2. The minimum Gasteiger partial charge on any atom is -0.379 e. The maximum atomic E-state index is 12.5. The molecule has 0 N–H and O–H groups in total. The Kier molecular flexibility index (Phi) is 6.63. The molecular formula is C14H28F2N2O. The zero-order valence-corrected chi connectivity index (χ0v) is 12.7. The average molecular weight is 278 g/mol. The van der Waals surface area contributed by atoms with E-state index in [0.717, 1.165) is 26.3 Å². The average Bonchev–Trinajstić information content (AvgIpc) is 2.72. The van der Waals surface area contributed by atoms with Crippen LogP contribution < -0.4 is 0 Å². The van der Waals surface area contributed by atoms with Gasteiger partial charge in [0.1, 0.15) is 0 Å². The molecule has 0 spiro atoms. The number of halogens is 2. The molecule has 0 aromatic heterocycles. The number of hydrogen-bond donors (Lipinski definition) is 0. The first-order chi connectivity index (χ1) is 8.82. The van der Waals surface area contributed by atoms with Crippen molar-refractivity contribution >= 4 is 0 Å². The zero-order valence-electron chi connectivity index (χ0n) is 12.7. The first-order valence-electron chi connectivity index (χ1n) is 7.25. The van der Waals surface area contributed by atoms with Gasteiger partial charge in [0, 0.05) is 38.1 Å². The number of hydrogen-bond acceptors (Lipinski definition) is 3. The SMILES string of the molecule is CC(C)N1CCC(F)(F)C1.CC(C)N1CCOCC1. The lowest BCUT2D eigenvalue weighted by molar-refractivity contribution is 0.00921. The molecular weight excluding hydrogens is 250 g/mol. The van der Waals surface area contributed by atoms with E-state index >= 15 is 0 Å². The number of alkyl halides is 2. The largest absolute Gasteiger partial charge is 0.379 e. The summed E-state index contributed by atoms with van der Waals surface area (Å²) >= 11 is 0. The van der Waals surface area contributed by atoms with E-state index in [-0.39, 0.29) is 19.0 Å². The summed E-state index contributed by atoms with van der Waals surface area (Å²) in [6.07, 6.45) is 0.0329. The van der Waals surface area contributed by atoms with Gasteiger partial charge in [-0.25, -0.2) is 8.78 Å². The first-order valence-corrected chi connectivity index (χ1v) is 7.25. The zero-order chi connectivity index (χ0) is 14.5. The molecule has 0 bridgehead atoms. The topological polar surface area (TPSA) is 15.7 Å². The highest BCUT2D eigenvalue weighted by molar-refractivity contribution is 4.83. The summed E-state index contributed by atoms with van der Waals surface area (Å²) in [5, 5.41) is 0. The Morgan fingerprint density at radius 1 is 0.895 bits per heavy atom. The van der Waals surface area contributed by atoms with Gasteiger partial charge in [0.15, 0.2) is 0 Å². The van der Waals surface area contributed by atoms with E-state index in [0.29, 0.717) is 12.6 Å². The molecule has 2 saturated heterocycles. The standard InChI is InChI=1S/C7H13F2N.C7H15NO/c1-6(2)10-4-3-7(8,9)5-10;1-7(2)8-3-5-9-6-4-8/h6H,3-5H2,1-2H3;7H,3-6H2,1-2H3. The number of nitrogens with zero attached hydrogens (tertiary/aromatic N) is 2. The van der Waals surface area contributed by atoms with Crippen LogP contribution in [0.1, 0.15) is 34.1 Å². The molecule has 19 heavy (non-hydrogen) atoms. The maximum Gasteiger partial charge on any atom is 0.261 e. The van der Waals surface area contributed by atoms with Crippen LogP contribution in [0.5, 0.6) is 0 Å². The summed E-state index contributed by atoms with van der Waals surface area (Å²) in [6, 6.07) is 0.947. The molecule has 114 valence electrons. The van der Waals surface area contributed by atoms with Gasteiger partial charge >= 0.3 is 0 Å². The lowest BCUT2D eigenvalue weighted by Gasteiger charge is -2.29. The van der Waals surface area contributed by atoms with Crippen molar-refractivity contribution in [3.05, 3.63) is 0 Å². The second kappa shape index (κ2) is 7.50. The Balaban J connectivity index is 0.000000191. The van der Waals surface area contributed by atoms with Gasteiger partial charge in [-0.15, -0.1) is 0 Å². The number of rotatable bonds is 2. The molecule has 2 aliphatic heterocycles. The van der Waals surface area contributed by atoms with Crippen LogP contribution in [0.3, 0.4) is 0 Å². The van der Waals surface area contributed by atoms with Gasteiger partial charge in [0.2, 0.25) is 0 Å². The van der Waals surface area contributed by atoms with Crippen molar-refractivity contribution in [2.75, 3.05) is 39.4 Å². The van der Waals surface area contributed by atoms with Crippen LogP contribution in [0.4, 0.5) is 8.78 Å². The quantitative estimate of drug-likeness (QED) is 0.772. The fourth-order valence-electron chi connectivity index (χ4n) is 2.30. The molecule has 3 nitrogen and oxygen atoms in total.